The largest absolute Gasteiger partial charge is 0.489 e. The minimum Gasteiger partial charge on any atom is -0.489 e. The molecule has 2 atom stereocenters. The summed E-state index contributed by atoms with van der Waals surface area (Å²) in [4.78, 5) is 20.7. The number of aliphatic carboxylic acids is 1. The SMILES string of the molecule is Cc1cc(-n2ccnc2)c2cccc(OCc3c(Cl)ccc(S(=O)(=O)N4CC(Oc5ccccc5)C[C@H]4C(=O)O)c3Cl)c2n1. The standard InChI is InChI=1S/C31H26Cl2N4O6S/c1-19-14-25(36-13-12-34-18-36)22-8-5-9-27(30(22)35-19)42-17-23-24(32)10-11-28(29(23)33)44(40,41)37-16-21(15-26(37)31(38)39)43-20-6-3-2-4-7-20/h2-14,18,21,26H,15-17H2,1H3,(H,38,39)/t21?,26-/m0/s1. The van der Waals surface area contributed by atoms with Crippen LogP contribution in [-0.4, -0.2) is 57.0 Å². The molecule has 1 saturated heterocycles. The maximum atomic E-state index is 13.9. The number of imidazole rings is 1. The Morgan fingerprint density at radius 1 is 1.09 bits per heavy atom. The number of pyridine rings is 1. The number of hydrogen-bond acceptors (Lipinski definition) is 7. The summed E-state index contributed by atoms with van der Waals surface area (Å²) in [6.07, 6.45) is 4.51. The number of fused-ring (bicyclic) bond motifs is 1. The summed E-state index contributed by atoms with van der Waals surface area (Å²) in [5.74, 6) is -0.324. The average Bonchev–Trinajstić information content (AvgIpc) is 3.69. The molecule has 3 aromatic carbocycles. The van der Waals surface area contributed by atoms with Crippen LogP contribution >= 0.6 is 23.2 Å². The van der Waals surface area contributed by atoms with Gasteiger partial charge in [0.2, 0.25) is 10.0 Å². The van der Waals surface area contributed by atoms with Crippen LogP contribution < -0.4 is 9.47 Å². The number of benzene rings is 3. The maximum absolute atomic E-state index is 13.9. The molecule has 5 aromatic rings. The molecule has 0 spiro atoms. The van der Waals surface area contributed by atoms with Crippen LogP contribution in [-0.2, 0) is 21.4 Å². The number of carboxylic acid groups (broad SMARTS) is 1. The van der Waals surface area contributed by atoms with Crippen molar-refractivity contribution >= 4 is 50.1 Å². The first-order valence-electron chi connectivity index (χ1n) is 13.6. The van der Waals surface area contributed by atoms with Crippen molar-refractivity contribution in [3.63, 3.8) is 0 Å². The van der Waals surface area contributed by atoms with E-state index in [1.807, 2.05) is 42.0 Å². The van der Waals surface area contributed by atoms with Gasteiger partial charge >= 0.3 is 5.97 Å². The molecule has 1 fully saturated rings. The fraction of sp³-hybridized carbons (Fsp3) is 0.194. The molecule has 1 N–H and O–H groups in total. The lowest BCUT2D eigenvalue weighted by Crippen LogP contribution is -2.40. The zero-order chi connectivity index (χ0) is 31.0. The number of carboxylic acids is 1. The van der Waals surface area contributed by atoms with Crippen LogP contribution in [0.15, 0.2) is 90.3 Å². The molecular formula is C31H26Cl2N4O6S. The lowest BCUT2D eigenvalue weighted by molar-refractivity contribution is -0.140. The normalized spacial score (nSPS) is 17.2. The summed E-state index contributed by atoms with van der Waals surface area (Å²) in [6, 6.07) is 17.6. The van der Waals surface area contributed by atoms with Gasteiger partial charge in [-0.3, -0.25) is 4.79 Å². The number of aryl methyl sites for hydroxylation is 1. The van der Waals surface area contributed by atoms with E-state index < -0.39 is 28.1 Å². The molecule has 1 aliphatic rings. The predicted molar refractivity (Wildman–Crippen MR) is 165 cm³/mol. The van der Waals surface area contributed by atoms with Gasteiger partial charge in [0.15, 0.2) is 0 Å². The van der Waals surface area contributed by atoms with Gasteiger partial charge in [0.25, 0.3) is 0 Å². The first-order chi connectivity index (χ1) is 21.1. The Hall–Kier alpha value is -4.16. The molecule has 1 aliphatic heterocycles. The van der Waals surface area contributed by atoms with Crippen molar-refractivity contribution in [2.24, 2.45) is 0 Å². The van der Waals surface area contributed by atoms with Crippen LogP contribution in [0, 0.1) is 6.92 Å². The average molecular weight is 654 g/mol. The van der Waals surface area contributed by atoms with Gasteiger partial charge in [0.1, 0.15) is 40.7 Å². The van der Waals surface area contributed by atoms with Gasteiger partial charge in [-0.1, -0.05) is 53.5 Å². The Morgan fingerprint density at radius 3 is 2.61 bits per heavy atom. The summed E-state index contributed by atoms with van der Waals surface area (Å²) in [5.41, 5.74) is 2.46. The molecule has 6 rings (SSSR count). The van der Waals surface area contributed by atoms with Crippen LogP contribution in [0.2, 0.25) is 10.0 Å². The molecule has 1 unspecified atom stereocenters. The van der Waals surface area contributed by atoms with Gasteiger partial charge in [-0.05, 0) is 43.3 Å². The molecule has 0 radical (unpaired) electrons. The molecule has 0 bridgehead atoms. The number of nitrogens with zero attached hydrogens (tertiary/aromatic N) is 4. The third kappa shape index (κ3) is 5.71. The number of aromatic nitrogens is 3. The molecule has 2 aromatic heterocycles. The lowest BCUT2D eigenvalue weighted by Gasteiger charge is -2.22. The third-order valence-corrected chi connectivity index (χ3v) is 10.2. The summed E-state index contributed by atoms with van der Waals surface area (Å²) in [5, 5.41) is 10.8. The Labute approximate surface area is 263 Å². The third-order valence-electron chi connectivity index (χ3n) is 7.35. The van der Waals surface area contributed by atoms with E-state index in [1.165, 1.54) is 12.1 Å². The maximum Gasteiger partial charge on any atom is 0.322 e. The number of carbonyl (C=O) groups is 1. The summed E-state index contributed by atoms with van der Waals surface area (Å²) in [7, 11) is -4.38. The minimum absolute atomic E-state index is 0.0286. The van der Waals surface area contributed by atoms with Crippen LogP contribution in [0.25, 0.3) is 16.6 Å². The van der Waals surface area contributed by atoms with E-state index in [2.05, 4.69) is 9.97 Å². The molecule has 44 heavy (non-hydrogen) atoms. The smallest absolute Gasteiger partial charge is 0.322 e. The summed E-state index contributed by atoms with van der Waals surface area (Å²) >= 11 is 13.2. The van der Waals surface area contributed by atoms with Crippen LogP contribution in [0.5, 0.6) is 11.5 Å². The van der Waals surface area contributed by atoms with Crippen molar-refractivity contribution in [1.82, 2.24) is 18.8 Å². The molecule has 226 valence electrons. The second-order valence-electron chi connectivity index (χ2n) is 10.2. The number of rotatable bonds is 9. The fourth-order valence-electron chi connectivity index (χ4n) is 5.28. The summed E-state index contributed by atoms with van der Waals surface area (Å²) < 4.78 is 42.6. The van der Waals surface area contributed by atoms with Gasteiger partial charge in [0.05, 0.1) is 23.6 Å². The summed E-state index contributed by atoms with van der Waals surface area (Å²) in [6.45, 7) is 1.54. The number of halogens is 2. The van der Waals surface area contributed by atoms with Crippen molar-refractivity contribution in [2.75, 3.05) is 6.54 Å². The van der Waals surface area contributed by atoms with E-state index in [-0.39, 0.29) is 40.1 Å². The van der Waals surface area contributed by atoms with Crippen molar-refractivity contribution in [3.05, 3.63) is 107 Å². The fourth-order valence-corrected chi connectivity index (χ4v) is 7.77. The van der Waals surface area contributed by atoms with Crippen LogP contribution in [0.1, 0.15) is 17.7 Å². The van der Waals surface area contributed by atoms with Gasteiger partial charge in [-0.25, -0.2) is 18.4 Å². The van der Waals surface area contributed by atoms with E-state index in [0.717, 1.165) is 21.1 Å². The highest BCUT2D eigenvalue weighted by atomic mass is 35.5. The van der Waals surface area contributed by atoms with E-state index in [4.69, 9.17) is 32.7 Å². The molecule has 0 aliphatic carbocycles. The van der Waals surface area contributed by atoms with Gasteiger partial charge in [-0.15, -0.1) is 0 Å². The minimum atomic E-state index is -4.38. The molecule has 3 heterocycles. The first kappa shape index (κ1) is 29.9. The molecule has 13 heteroatoms. The van der Waals surface area contributed by atoms with E-state index in [0.29, 0.717) is 17.0 Å². The zero-order valence-corrected chi connectivity index (χ0v) is 25.6. The monoisotopic (exact) mass is 652 g/mol. The van der Waals surface area contributed by atoms with Gasteiger partial charge < -0.3 is 19.1 Å². The Balaban J connectivity index is 1.30. The van der Waals surface area contributed by atoms with Gasteiger partial charge in [-0.2, -0.15) is 4.31 Å². The first-order valence-corrected chi connectivity index (χ1v) is 15.8. The number of para-hydroxylation sites is 2. The van der Waals surface area contributed by atoms with E-state index in [9.17, 15) is 18.3 Å². The van der Waals surface area contributed by atoms with E-state index >= 15 is 0 Å². The highest BCUT2D eigenvalue weighted by Crippen LogP contribution is 2.37. The quantitative estimate of drug-likeness (QED) is 0.208. The molecule has 10 nitrogen and oxygen atoms in total. The second kappa shape index (κ2) is 12.1. The Kier molecular flexibility index (Phi) is 8.21. The number of sulfonamides is 1. The molecule has 0 saturated carbocycles. The molecule has 0 amide bonds. The van der Waals surface area contributed by atoms with Crippen LogP contribution in [0.3, 0.4) is 0 Å². The Bertz CT molecular complexity index is 1960. The number of hydrogen-bond donors (Lipinski definition) is 1. The second-order valence-corrected chi connectivity index (χ2v) is 12.9. The predicted octanol–water partition coefficient (Wildman–Crippen LogP) is 5.91. The highest BCUT2D eigenvalue weighted by Gasteiger charge is 2.46. The van der Waals surface area contributed by atoms with Crippen molar-refractivity contribution in [3.8, 4) is 17.2 Å². The molecular weight excluding hydrogens is 627 g/mol. The van der Waals surface area contributed by atoms with Crippen molar-refractivity contribution in [2.45, 2.75) is 37.0 Å². The topological polar surface area (TPSA) is 124 Å². The highest BCUT2D eigenvalue weighted by molar-refractivity contribution is 7.89. The van der Waals surface area contributed by atoms with Crippen LogP contribution in [0.4, 0.5) is 0 Å². The van der Waals surface area contributed by atoms with E-state index in [1.54, 1.807) is 42.9 Å². The zero-order valence-electron chi connectivity index (χ0n) is 23.3. The lowest BCUT2D eigenvalue weighted by atomic mass is 10.1. The number of ether oxygens (including phenoxy) is 2. The van der Waals surface area contributed by atoms with Crippen molar-refractivity contribution < 1.29 is 27.8 Å². The van der Waals surface area contributed by atoms with Gasteiger partial charge in [0, 0.05) is 40.5 Å². The van der Waals surface area contributed by atoms with Crippen molar-refractivity contribution in [1.29, 1.82) is 0 Å². The Morgan fingerprint density at radius 2 is 1.89 bits per heavy atom.